The van der Waals surface area contributed by atoms with Crippen LogP contribution in [0.25, 0.3) is 33.4 Å². The molecule has 0 unspecified atom stereocenters. The monoisotopic (exact) mass is 534 g/mol. The summed E-state index contributed by atoms with van der Waals surface area (Å²) in [6.45, 7) is 7.47. The Morgan fingerprint density at radius 2 is 1.84 bits per heavy atom. The van der Waals surface area contributed by atoms with E-state index >= 15 is 0 Å². The number of pyridine rings is 1. The molecule has 37 heavy (non-hydrogen) atoms. The molecule has 1 aliphatic heterocycles. The van der Waals surface area contributed by atoms with Crippen LogP contribution in [0.2, 0.25) is 10.0 Å². The molecule has 5 rings (SSSR count). The number of H-pyrrole nitrogens is 1. The Morgan fingerprint density at radius 1 is 1.08 bits per heavy atom. The maximum atomic E-state index is 13.3. The van der Waals surface area contributed by atoms with Gasteiger partial charge in [-0.1, -0.05) is 48.0 Å². The Labute approximate surface area is 224 Å². The number of nitrogens with one attached hydrogen (secondary N) is 2. The van der Waals surface area contributed by atoms with Crippen LogP contribution >= 0.6 is 23.2 Å². The van der Waals surface area contributed by atoms with Crippen LogP contribution in [-0.4, -0.2) is 53.0 Å². The predicted octanol–water partition coefficient (Wildman–Crippen LogP) is 6.11. The second kappa shape index (κ2) is 10.4. The molecule has 188 valence electrons. The molecule has 2 aromatic heterocycles. The summed E-state index contributed by atoms with van der Waals surface area (Å²) in [5.74, 6) is -0.447. The Bertz CT molecular complexity index is 1540. The van der Waals surface area contributed by atoms with Crippen molar-refractivity contribution >= 4 is 51.7 Å². The third kappa shape index (κ3) is 4.85. The van der Waals surface area contributed by atoms with Gasteiger partial charge in [0.25, 0.3) is 5.91 Å². The van der Waals surface area contributed by atoms with Gasteiger partial charge in [-0.05, 0) is 54.0 Å². The summed E-state index contributed by atoms with van der Waals surface area (Å²) in [7, 11) is 0. The van der Waals surface area contributed by atoms with Gasteiger partial charge in [0.15, 0.2) is 0 Å². The molecule has 0 saturated carbocycles. The van der Waals surface area contributed by atoms with Gasteiger partial charge in [0.1, 0.15) is 5.65 Å². The van der Waals surface area contributed by atoms with E-state index < -0.39 is 0 Å². The zero-order chi connectivity index (χ0) is 26.1. The van der Waals surface area contributed by atoms with Gasteiger partial charge in [0.05, 0.1) is 34.5 Å². The molecule has 2 N–H and O–H groups in total. The minimum Gasteiger partial charge on any atom is -0.378 e. The van der Waals surface area contributed by atoms with Gasteiger partial charge >= 0.3 is 0 Å². The van der Waals surface area contributed by atoms with Gasteiger partial charge in [-0.15, -0.1) is 0 Å². The average molecular weight is 535 g/mol. The van der Waals surface area contributed by atoms with Gasteiger partial charge in [-0.25, -0.2) is 4.98 Å². The molecule has 4 aromatic rings. The fourth-order valence-corrected chi connectivity index (χ4v) is 4.90. The third-order valence-electron chi connectivity index (χ3n) is 6.40. The zero-order valence-corrected chi connectivity index (χ0v) is 21.6. The Kier molecular flexibility index (Phi) is 7.02. The van der Waals surface area contributed by atoms with E-state index in [-0.39, 0.29) is 11.8 Å². The largest absolute Gasteiger partial charge is 0.378 e. The molecule has 1 saturated heterocycles. The lowest BCUT2D eigenvalue weighted by Crippen LogP contribution is -2.40. The van der Waals surface area contributed by atoms with Crippen molar-refractivity contribution < 1.29 is 14.3 Å². The molecular formula is C28H24Cl2N4O3. The number of rotatable bonds is 5. The van der Waals surface area contributed by atoms with Crippen molar-refractivity contribution in [2.24, 2.45) is 0 Å². The smallest absolute Gasteiger partial charge is 0.255 e. The van der Waals surface area contributed by atoms with E-state index in [1.165, 1.54) is 6.08 Å². The number of aromatic nitrogens is 2. The van der Waals surface area contributed by atoms with Crippen LogP contribution in [0.15, 0.2) is 61.3 Å². The topological polar surface area (TPSA) is 87.3 Å². The van der Waals surface area contributed by atoms with Crippen LogP contribution in [-0.2, 0) is 9.53 Å². The number of aromatic amines is 1. The molecule has 2 aromatic carbocycles. The molecule has 3 heterocycles. The summed E-state index contributed by atoms with van der Waals surface area (Å²) in [5, 5.41) is 4.49. The number of aryl methyl sites for hydroxylation is 1. The maximum absolute atomic E-state index is 13.3. The van der Waals surface area contributed by atoms with E-state index in [1.54, 1.807) is 29.3 Å². The average Bonchev–Trinajstić information content (AvgIpc) is 3.31. The molecule has 1 fully saturated rings. The van der Waals surface area contributed by atoms with Gasteiger partial charge in [0.2, 0.25) is 5.91 Å². The molecule has 0 radical (unpaired) electrons. The summed E-state index contributed by atoms with van der Waals surface area (Å²) < 4.78 is 5.38. The number of amides is 2. The highest BCUT2D eigenvalue weighted by Gasteiger charge is 2.24. The molecule has 2 amide bonds. The lowest BCUT2D eigenvalue weighted by atomic mass is 9.96. The van der Waals surface area contributed by atoms with Crippen molar-refractivity contribution in [2.75, 3.05) is 31.6 Å². The highest BCUT2D eigenvalue weighted by molar-refractivity contribution is 6.37. The highest BCUT2D eigenvalue weighted by Crippen LogP contribution is 2.42. The van der Waals surface area contributed by atoms with E-state index in [9.17, 15) is 9.59 Å². The zero-order valence-electron chi connectivity index (χ0n) is 20.1. The Morgan fingerprint density at radius 3 is 2.59 bits per heavy atom. The van der Waals surface area contributed by atoms with Crippen LogP contribution in [0, 0.1) is 6.92 Å². The first-order valence-corrected chi connectivity index (χ1v) is 12.5. The number of hydrogen-bond acceptors (Lipinski definition) is 4. The van der Waals surface area contributed by atoms with Crippen molar-refractivity contribution in [1.29, 1.82) is 0 Å². The number of morpholine rings is 1. The normalized spacial score (nSPS) is 13.5. The molecular weight excluding hydrogens is 511 g/mol. The summed E-state index contributed by atoms with van der Waals surface area (Å²) >= 11 is 13.2. The second-order valence-electron chi connectivity index (χ2n) is 8.71. The fraction of sp³-hybridized carbons (Fsp3) is 0.179. The van der Waals surface area contributed by atoms with Crippen LogP contribution < -0.4 is 5.32 Å². The molecule has 9 heteroatoms. The van der Waals surface area contributed by atoms with Crippen molar-refractivity contribution in [1.82, 2.24) is 14.9 Å². The molecule has 0 bridgehead atoms. The molecule has 0 aliphatic carbocycles. The van der Waals surface area contributed by atoms with Gasteiger partial charge < -0.3 is 19.9 Å². The van der Waals surface area contributed by atoms with Crippen LogP contribution in [0.3, 0.4) is 0 Å². The molecule has 1 aliphatic rings. The number of anilines is 1. The van der Waals surface area contributed by atoms with Crippen molar-refractivity contribution in [2.45, 2.75) is 6.92 Å². The van der Waals surface area contributed by atoms with E-state index in [1.807, 2.05) is 31.2 Å². The minimum atomic E-state index is -0.303. The number of benzene rings is 2. The quantitative estimate of drug-likeness (QED) is 0.302. The fourth-order valence-electron chi connectivity index (χ4n) is 4.46. The summed E-state index contributed by atoms with van der Waals surface area (Å²) in [4.78, 5) is 34.9. The highest BCUT2D eigenvalue weighted by atomic mass is 35.5. The number of hydrogen-bond donors (Lipinski definition) is 2. The second-order valence-corrected chi connectivity index (χ2v) is 9.53. The third-order valence-corrected chi connectivity index (χ3v) is 7.04. The Hall–Kier alpha value is -3.65. The molecule has 0 spiro atoms. The SMILES string of the molecule is C=CC(=O)Nc1cc(-c2c(-c3ccc(Cl)c(C(=O)N4CCOCC4)c3)[nH]c3nccc(Cl)c23)ccc1C. The first-order valence-electron chi connectivity index (χ1n) is 11.7. The van der Waals surface area contributed by atoms with Crippen molar-refractivity contribution in [3.05, 3.63) is 82.5 Å². The lowest BCUT2D eigenvalue weighted by molar-refractivity contribution is -0.111. The van der Waals surface area contributed by atoms with E-state index in [0.717, 1.165) is 33.3 Å². The number of ether oxygens (including phenoxy) is 1. The van der Waals surface area contributed by atoms with Crippen molar-refractivity contribution in [3.63, 3.8) is 0 Å². The summed E-state index contributed by atoms with van der Waals surface area (Å²) in [6, 6.07) is 12.9. The summed E-state index contributed by atoms with van der Waals surface area (Å²) in [5.41, 5.74) is 5.66. The standard InChI is InChI=1S/C28H24Cl2N4O3/c1-3-23(35)32-22-15-17(5-4-16(22)2)24-25-21(30)8-9-31-27(25)33-26(24)18-6-7-20(29)19(14-18)28(36)34-10-12-37-13-11-34/h3-9,14-15H,1,10-13H2,2H3,(H,31,33)(H,32,35). The molecule has 7 nitrogen and oxygen atoms in total. The number of nitrogens with zero attached hydrogens (tertiary/aromatic N) is 2. The van der Waals surface area contributed by atoms with Gasteiger partial charge in [-0.2, -0.15) is 0 Å². The van der Waals surface area contributed by atoms with Crippen LogP contribution in [0.4, 0.5) is 5.69 Å². The van der Waals surface area contributed by atoms with Crippen LogP contribution in [0.1, 0.15) is 15.9 Å². The lowest BCUT2D eigenvalue weighted by Gasteiger charge is -2.27. The van der Waals surface area contributed by atoms with Crippen LogP contribution in [0.5, 0.6) is 0 Å². The number of carbonyl (C=O) groups excluding carboxylic acids is 2. The summed E-state index contributed by atoms with van der Waals surface area (Å²) in [6.07, 6.45) is 2.86. The van der Waals surface area contributed by atoms with Crippen molar-refractivity contribution in [3.8, 4) is 22.4 Å². The van der Waals surface area contributed by atoms with Gasteiger partial charge in [-0.3, -0.25) is 9.59 Å². The number of carbonyl (C=O) groups is 2. The molecule has 0 atom stereocenters. The first-order chi connectivity index (χ1) is 17.9. The number of fused-ring (bicyclic) bond motifs is 1. The van der Waals surface area contributed by atoms with E-state index in [2.05, 4.69) is 21.9 Å². The van der Waals surface area contributed by atoms with Gasteiger partial charge in [0, 0.05) is 35.9 Å². The van der Waals surface area contributed by atoms with E-state index in [4.69, 9.17) is 27.9 Å². The first kappa shape index (κ1) is 25.0. The minimum absolute atomic E-state index is 0.145. The Balaban J connectivity index is 1.68. The van der Waals surface area contributed by atoms with E-state index in [0.29, 0.717) is 53.2 Å². The predicted molar refractivity (Wildman–Crippen MR) is 147 cm³/mol. The maximum Gasteiger partial charge on any atom is 0.255 e. The number of halogens is 2.